The van der Waals surface area contributed by atoms with Gasteiger partial charge in [-0.25, -0.2) is 23.9 Å². The minimum atomic E-state index is -3.18. The number of benzene rings is 1. The van der Waals surface area contributed by atoms with Crippen molar-refractivity contribution in [3.8, 4) is 11.1 Å². The molecule has 0 spiro atoms. The number of alkyl halides is 1. The number of hydrogen-bond donors (Lipinski definition) is 3. The smallest absolute Gasteiger partial charge is 0.408 e. The molecule has 5 rings (SSSR count). The second kappa shape index (κ2) is 17.4. The lowest BCUT2D eigenvalue weighted by Gasteiger charge is -2.47. The van der Waals surface area contributed by atoms with Crippen molar-refractivity contribution in [1.29, 1.82) is 0 Å². The van der Waals surface area contributed by atoms with Crippen molar-refractivity contribution in [2.75, 3.05) is 33.1 Å². The molecule has 13 atom stereocenters. The van der Waals surface area contributed by atoms with E-state index in [2.05, 4.69) is 20.6 Å². The Kier molecular flexibility index (Phi) is 13.4. The molecule has 0 aliphatic carbocycles. The van der Waals surface area contributed by atoms with Crippen molar-refractivity contribution < 1.29 is 52.4 Å². The predicted molar refractivity (Wildman–Crippen MR) is 207 cm³/mol. The molecular formula is C41H58FN5O10. The van der Waals surface area contributed by atoms with Gasteiger partial charge >= 0.3 is 12.1 Å². The number of nitrogens with zero attached hydrogens (tertiary/aromatic N) is 3. The summed E-state index contributed by atoms with van der Waals surface area (Å²) in [4.78, 5) is 64.7. The van der Waals surface area contributed by atoms with Crippen molar-refractivity contribution in [1.82, 2.24) is 20.2 Å². The average Bonchev–Trinajstić information content (AvgIpc) is 3.51. The summed E-state index contributed by atoms with van der Waals surface area (Å²) in [5, 5.41) is 17.8. The lowest BCUT2D eigenvalue weighted by Crippen LogP contribution is -2.62. The normalized spacial score (nSPS) is 38.1. The highest BCUT2D eigenvalue weighted by atomic mass is 19.1. The molecule has 3 aliphatic heterocycles. The van der Waals surface area contributed by atoms with Crippen molar-refractivity contribution in [2.24, 2.45) is 17.8 Å². The zero-order chi connectivity index (χ0) is 42.0. The molecule has 15 nitrogen and oxygen atoms in total. The Morgan fingerprint density at radius 1 is 1.02 bits per heavy atom. The van der Waals surface area contributed by atoms with Crippen molar-refractivity contribution >= 4 is 29.3 Å². The molecule has 0 radical (unpaired) electrons. The number of alkyl carbamates (subject to hydrolysis) is 1. The largest absolute Gasteiger partial charge is 0.455 e. The first-order valence-corrected chi connectivity index (χ1v) is 19.5. The molecule has 3 fully saturated rings. The van der Waals surface area contributed by atoms with Gasteiger partial charge in [0.15, 0.2) is 17.7 Å². The summed E-state index contributed by atoms with van der Waals surface area (Å²) in [7, 11) is 5.03. The lowest BCUT2D eigenvalue weighted by molar-refractivity contribution is -0.296. The number of anilines is 1. The minimum Gasteiger partial charge on any atom is -0.455 e. The Morgan fingerprint density at radius 3 is 2.26 bits per heavy atom. The number of methoxy groups -OCH3 is 1. The molecule has 57 heavy (non-hydrogen) atoms. The molecule has 2 unspecified atom stereocenters. The van der Waals surface area contributed by atoms with Gasteiger partial charge in [-0.2, -0.15) is 0 Å². The van der Waals surface area contributed by atoms with Crippen LogP contribution in [0.3, 0.4) is 0 Å². The molecule has 0 bridgehead atoms. The van der Waals surface area contributed by atoms with E-state index in [1.165, 1.54) is 27.3 Å². The third kappa shape index (κ3) is 8.99. The number of carbonyl (C=O) groups is 4. The van der Waals surface area contributed by atoms with Gasteiger partial charge in [0.25, 0.3) is 5.67 Å². The number of aromatic nitrogens is 2. The van der Waals surface area contributed by atoms with E-state index in [0.717, 1.165) is 23.7 Å². The molecule has 16 heteroatoms. The third-order valence-electron chi connectivity index (χ3n) is 12.2. The number of ketones is 2. The number of aliphatic hydroxyl groups excluding tert-OH is 1. The van der Waals surface area contributed by atoms with Crippen LogP contribution in [0.1, 0.15) is 67.7 Å². The van der Waals surface area contributed by atoms with Gasteiger partial charge < -0.3 is 44.3 Å². The summed E-state index contributed by atoms with van der Waals surface area (Å²) in [6.45, 7) is 10.7. The second-order valence-corrected chi connectivity index (χ2v) is 16.5. The molecule has 314 valence electrons. The number of hydrogen-bond acceptors (Lipinski definition) is 14. The van der Waals surface area contributed by atoms with Gasteiger partial charge in [-0.3, -0.25) is 9.59 Å². The summed E-state index contributed by atoms with van der Waals surface area (Å²) < 4.78 is 47.1. The highest BCUT2D eigenvalue weighted by Crippen LogP contribution is 2.41. The number of fused-ring (bicyclic) bond motifs is 1. The summed E-state index contributed by atoms with van der Waals surface area (Å²) in [5.74, 6) is -5.88. The maximum Gasteiger partial charge on any atom is 0.408 e. The Hall–Kier alpha value is -4.09. The van der Waals surface area contributed by atoms with Crippen LogP contribution in [0, 0.1) is 17.8 Å². The number of halogens is 1. The first kappa shape index (κ1) is 44.0. The number of amides is 1. The summed E-state index contributed by atoms with van der Waals surface area (Å²) in [6, 6.07) is 6.32. The van der Waals surface area contributed by atoms with Crippen molar-refractivity contribution in [3.63, 3.8) is 0 Å². The second-order valence-electron chi connectivity index (χ2n) is 16.5. The number of nitrogens with one attached hydrogen (secondary N) is 2. The van der Waals surface area contributed by atoms with Gasteiger partial charge in [-0.15, -0.1) is 0 Å². The van der Waals surface area contributed by atoms with E-state index in [1.54, 1.807) is 40.1 Å². The van der Waals surface area contributed by atoms with E-state index in [-0.39, 0.29) is 18.6 Å². The molecule has 0 saturated carbocycles. The van der Waals surface area contributed by atoms with Gasteiger partial charge in [0.2, 0.25) is 0 Å². The summed E-state index contributed by atoms with van der Waals surface area (Å²) in [5.41, 5.74) is -3.58. The number of ether oxygens (including phenoxy) is 5. The Bertz CT molecular complexity index is 1750. The van der Waals surface area contributed by atoms with Crippen molar-refractivity contribution in [2.45, 2.75) is 127 Å². The molecule has 3 saturated heterocycles. The van der Waals surface area contributed by atoms with Crippen LogP contribution in [-0.4, -0.2) is 131 Å². The highest BCUT2D eigenvalue weighted by molar-refractivity contribution is 6.08. The zero-order valence-corrected chi connectivity index (χ0v) is 34.5. The number of likely N-dealkylation sites (N-methyl/N-ethyl adjacent to an activating group) is 1. The number of esters is 1. The number of carbonyl (C=O) groups excluding carboxylic acids is 4. The monoisotopic (exact) mass is 799 g/mol. The minimum absolute atomic E-state index is 0.0200. The van der Waals surface area contributed by atoms with Gasteiger partial charge in [0.05, 0.1) is 23.9 Å². The summed E-state index contributed by atoms with van der Waals surface area (Å²) >= 11 is 0. The fourth-order valence-electron chi connectivity index (χ4n) is 8.67. The molecule has 1 aromatic carbocycles. The molecular weight excluding hydrogens is 741 g/mol. The number of aliphatic hydroxyl groups is 1. The Balaban J connectivity index is 1.46. The maximum atomic E-state index is 16.7. The van der Waals surface area contributed by atoms with Crippen LogP contribution in [0.25, 0.3) is 11.1 Å². The highest BCUT2D eigenvalue weighted by Gasteiger charge is 2.59. The van der Waals surface area contributed by atoms with E-state index in [4.69, 9.17) is 23.7 Å². The molecule has 4 heterocycles. The maximum absolute atomic E-state index is 16.7. The van der Waals surface area contributed by atoms with E-state index < -0.39 is 95.3 Å². The SMILES string of the molecule is CC[C@H]1OC(=O)[C@@](C)(F)C(=O)[C@H](C)[C@@H](O[C@@H]2O[C@H](CNc3ccc(-c4cncnc4)cc3)CC(N(C)C)C2O)[C@](C)(OC)C[C@@H](C)C(=O)[C@H](C)[C@H]2NC(=O)O[C@@]21C. The fourth-order valence-corrected chi connectivity index (χ4v) is 8.67. The molecule has 1 amide bonds. The first-order chi connectivity index (χ1) is 26.8. The Morgan fingerprint density at radius 2 is 1.67 bits per heavy atom. The predicted octanol–water partition coefficient (Wildman–Crippen LogP) is 4.12. The number of cyclic esters (lactones) is 1. The van der Waals surface area contributed by atoms with Gasteiger partial charge in [0, 0.05) is 61.1 Å². The average molecular weight is 800 g/mol. The van der Waals surface area contributed by atoms with E-state index in [0.29, 0.717) is 13.0 Å². The quantitative estimate of drug-likeness (QED) is 0.243. The fraction of sp³-hybridized carbons (Fsp3) is 0.659. The van der Waals surface area contributed by atoms with Crippen molar-refractivity contribution in [3.05, 3.63) is 43.0 Å². The first-order valence-electron chi connectivity index (χ1n) is 19.5. The molecule has 1 aromatic heterocycles. The van der Waals surface area contributed by atoms with Gasteiger partial charge in [-0.1, -0.05) is 39.8 Å². The van der Waals surface area contributed by atoms with E-state index >= 15 is 4.39 Å². The standard InChI is InChI=1S/C41H58FN5O10/c1-11-30-41(7)33(46-38(52)57-41)23(3)31(48)22(2)17-39(5,53-10)35(24(4)34(50)40(6,42)37(51)55-30)56-36-32(49)29(47(8)9)16-28(54-36)20-45-27-14-12-25(13-15-27)26-18-43-21-44-19-26/h12-15,18-19,21-24,28-30,32-33,35-36,45,49H,11,16-17,20H2,1-10H3,(H,46,52)/t22-,23+,24+,28+,29?,30-,32?,33-,35-,36+,39-,40+,41-/m1/s1. The van der Waals surface area contributed by atoms with Crippen LogP contribution in [0.2, 0.25) is 0 Å². The number of Topliss-reactive ketones (excluding diaryl/α,β-unsaturated/α-hetero) is 2. The van der Waals surface area contributed by atoms with Crippen LogP contribution in [0.5, 0.6) is 0 Å². The number of rotatable bonds is 9. The van der Waals surface area contributed by atoms with Crippen LogP contribution >= 0.6 is 0 Å². The van der Waals surface area contributed by atoms with Crippen LogP contribution < -0.4 is 10.6 Å². The van der Waals surface area contributed by atoms with E-state index in [9.17, 15) is 24.3 Å². The Labute approximate surface area is 333 Å². The van der Waals surface area contributed by atoms with Crippen LogP contribution in [-0.2, 0) is 38.1 Å². The van der Waals surface area contributed by atoms with Gasteiger partial charge in [-0.05, 0) is 71.8 Å². The third-order valence-corrected chi connectivity index (χ3v) is 12.2. The lowest BCUT2D eigenvalue weighted by atomic mass is 9.73. The van der Waals surface area contributed by atoms with Crippen LogP contribution in [0.4, 0.5) is 14.9 Å². The topological polar surface area (TPSA) is 188 Å². The molecule has 3 aliphatic rings. The summed E-state index contributed by atoms with van der Waals surface area (Å²) in [6.07, 6.45) is -1.03. The molecule has 2 aromatic rings. The zero-order valence-electron chi connectivity index (χ0n) is 34.5. The van der Waals surface area contributed by atoms with Crippen LogP contribution in [0.15, 0.2) is 43.0 Å². The molecule has 3 N–H and O–H groups in total. The van der Waals surface area contributed by atoms with Gasteiger partial charge in [0.1, 0.15) is 24.3 Å². The van der Waals surface area contributed by atoms with E-state index in [1.807, 2.05) is 43.3 Å².